The largest absolute Gasteiger partial charge is 0.369 e. The topological polar surface area (TPSA) is 43.1 Å². The highest BCUT2D eigenvalue weighted by atomic mass is 16.1. The fourth-order valence-corrected chi connectivity index (χ4v) is 3.15. The first kappa shape index (κ1) is 8.09. The van der Waals surface area contributed by atoms with Crippen LogP contribution >= 0.6 is 0 Å². The molecule has 3 aliphatic rings. The number of nitrogens with two attached hydrogens (primary N) is 1. The molecule has 0 radical (unpaired) electrons. The van der Waals surface area contributed by atoms with Crippen LogP contribution in [0.3, 0.4) is 0 Å². The van der Waals surface area contributed by atoms with Gasteiger partial charge in [0.05, 0.1) is 0 Å². The van der Waals surface area contributed by atoms with Gasteiger partial charge in [-0.25, -0.2) is 0 Å². The second-order valence-electron chi connectivity index (χ2n) is 4.95. The molecule has 3 atom stereocenters. The minimum absolute atomic E-state index is 0.0776. The van der Waals surface area contributed by atoms with Crippen LogP contribution in [0.2, 0.25) is 0 Å². The van der Waals surface area contributed by atoms with E-state index in [0.717, 1.165) is 12.3 Å². The van der Waals surface area contributed by atoms with E-state index in [9.17, 15) is 4.79 Å². The molecule has 2 nitrogen and oxygen atoms in total. The number of fused-ring (bicyclic) bond motifs is 2. The molecule has 0 aromatic carbocycles. The van der Waals surface area contributed by atoms with Crippen LogP contribution in [0.5, 0.6) is 0 Å². The van der Waals surface area contributed by atoms with Crippen molar-refractivity contribution in [2.45, 2.75) is 33.1 Å². The van der Waals surface area contributed by atoms with Gasteiger partial charge in [0.25, 0.3) is 0 Å². The Hall–Kier alpha value is -0.530. The van der Waals surface area contributed by atoms with E-state index < -0.39 is 0 Å². The molecule has 3 aliphatic carbocycles. The smallest absolute Gasteiger partial charge is 0.220 e. The van der Waals surface area contributed by atoms with Crippen LogP contribution in [-0.4, -0.2) is 5.91 Å². The Labute approximate surface area is 73.5 Å². The summed E-state index contributed by atoms with van der Waals surface area (Å²) in [5.41, 5.74) is 5.75. The molecule has 12 heavy (non-hydrogen) atoms. The third-order valence-corrected chi connectivity index (χ3v) is 4.22. The van der Waals surface area contributed by atoms with Crippen LogP contribution in [0.25, 0.3) is 0 Å². The van der Waals surface area contributed by atoms with Gasteiger partial charge in [-0.1, -0.05) is 13.8 Å². The van der Waals surface area contributed by atoms with Gasteiger partial charge in [0.15, 0.2) is 0 Å². The molecule has 0 saturated heterocycles. The van der Waals surface area contributed by atoms with Gasteiger partial charge in [0, 0.05) is 5.92 Å². The minimum atomic E-state index is -0.0776. The zero-order valence-electron chi connectivity index (χ0n) is 7.84. The maximum Gasteiger partial charge on any atom is 0.220 e. The third-order valence-electron chi connectivity index (χ3n) is 4.22. The molecular formula is C10H17NO. The van der Waals surface area contributed by atoms with Gasteiger partial charge in [-0.15, -0.1) is 0 Å². The highest BCUT2D eigenvalue weighted by Gasteiger charge is 2.55. The zero-order chi connectivity index (χ0) is 8.93. The van der Waals surface area contributed by atoms with E-state index in [2.05, 4.69) is 13.8 Å². The molecule has 2 N–H and O–H groups in total. The summed E-state index contributed by atoms with van der Waals surface area (Å²) >= 11 is 0. The fourth-order valence-electron chi connectivity index (χ4n) is 3.15. The summed E-state index contributed by atoms with van der Waals surface area (Å²) in [5.74, 6) is 1.53. The fraction of sp³-hybridized carbons (Fsp3) is 0.900. The van der Waals surface area contributed by atoms with Crippen molar-refractivity contribution in [2.24, 2.45) is 28.9 Å². The Bertz CT molecular complexity index is 220. The average Bonchev–Trinajstić information content (AvgIpc) is 2.04. The number of primary amides is 1. The highest BCUT2D eigenvalue weighted by Crippen LogP contribution is 2.61. The summed E-state index contributed by atoms with van der Waals surface area (Å²) in [6.45, 7) is 4.56. The number of amides is 1. The van der Waals surface area contributed by atoms with Crippen LogP contribution in [0.15, 0.2) is 0 Å². The van der Waals surface area contributed by atoms with Gasteiger partial charge in [-0.2, -0.15) is 0 Å². The van der Waals surface area contributed by atoms with Crippen molar-refractivity contribution in [3.8, 4) is 0 Å². The maximum absolute atomic E-state index is 11.1. The van der Waals surface area contributed by atoms with Crippen LogP contribution in [0.1, 0.15) is 33.1 Å². The Morgan fingerprint density at radius 1 is 1.42 bits per heavy atom. The molecule has 0 heterocycles. The first-order valence-electron chi connectivity index (χ1n) is 4.83. The predicted octanol–water partition coefficient (Wildman–Crippen LogP) is 1.54. The molecule has 2 bridgehead atoms. The second-order valence-corrected chi connectivity index (χ2v) is 4.95. The summed E-state index contributed by atoms with van der Waals surface area (Å²) in [6, 6.07) is 0. The number of hydrogen-bond acceptors (Lipinski definition) is 1. The molecule has 1 amide bonds. The maximum atomic E-state index is 11.1. The van der Waals surface area contributed by atoms with Crippen molar-refractivity contribution in [1.82, 2.24) is 0 Å². The lowest BCUT2D eigenvalue weighted by molar-refractivity contribution is -0.145. The Morgan fingerprint density at radius 2 is 2.08 bits per heavy atom. The van der Waals surface area contributed by atoms with E-state index in [0.29, 0.717) is 11.3 Å². The van der Waals surface area contributed by atoms with Gasteiger partial charge in [0.1, 0.15) is 0 Å². The Morgan fingerprint density at radius 3 is 2.42 bits per heavy atom. The molecule has 0 unspecified atom stereocenters. The Balaban J connectivity index is 2.16. The molecule has 0 spiro atoms. The molecular weight excluding hydrogens is 150 g/mol. The number of hydrogen-bond donors (Lipinski definition) is 1. The van der Waals surface area contributed by atoms with E-state index in [1.165, 1.54) is 12.8 Å². The molecule has 0 aromatic heterocycles. The van der Waals surface area contributed by atoms with E-state index >= 15 is 0 Å². The standard InChI is InChI=1S/C10H17NO/c1-10(2)6-3-4-7(9(11)12)8(10)5-6/h6-8H,3-5H2,1-2H3,(H2,11,12)/t6-,7+,8+/m0/s1. The van der Waals surface area contributed by atoms with Crippen LogP contribution in [0.4, 0.5) is 0 Å². The quantitative estimate of drug-likeness (QED) is 0.632. The Kier molecular flexibility index (Phi) is 1.51. The summed E-state index contributed by atoms with van der Waals surface area (Å²) in [7, 11) is 0. The van der Waals surface area contributed by atoms with Crippen molar-refractivity contribution >= 4 is 5.91 Å². The van der Waals surface area contributed by atoms with Crippen molar-refractivity contribution in [1.29, 1.82) is 0 Å². The molecule has 3 saturated carbocycles. The van der Waals surface area contributed by atoms with Gasteiger partial charge in [0.2, 0.25) is 5.91 Å². The third kappa shape index (κ3) is 0.838. The lowest BCUT2D eigenvalue weighted by atomic mass is 9.45. The van der Waals surface area contributed by atoms with Gasteiger partial charge in [-0.3, -0.25) is 4.79 Å². The van der Waals surface area contributed by atoms with Crippen LogP contribution in [-0.2, 0) is 4.79 Å². The van der Waals surface area contributed by atoms with E-state index in [1.807, 2.05) is 0 Å². The van der Waals surface area contributed by atoms with E-state index in [1.54, 1.807) is 0 Å². The molecule has 68 valence electrons. The second kappa shape index (κ2) is 2.24. The number of carbonyl (C=O) groups excluding carboxylic acids is 1. The number of carbonyl (C=O) groups is 1. The molecule has 0 aromatic rings. The molecule has 2 heteroatoms. The zero-order valence-corrected chi connectivity index (χ0v) is 7.84. The van der Waals surface area contributed by atoms with Crippen molar-refractivity contribution in [2.75, 3.05) is 0 Å². The summed E-state index contributed by atoms with van der Waals surface area (Å²) in [6.07, 6.45) is 3.48. The predicted molar refractivity (Wildman–Crippen MR) is 47.3 cm³/mol. The summed E-state index contributed by atoms with van der Waals surface area (Å²) in [5, 5.41) is 0. The number of rotatable bonds is 1. The van der Waals surface area contributed by atoms with Gasteiger partial charge >= 0.3 is 0 Å². The monoisotopic (exact) mass is 167 g/mol. The lowest BCUT2D eigenvalue weighted by Gasteiger charge is -2.59. The average molecular weight is 167 g/mol. The first-order chi connectivity index (χ1) is 5.53. The summed E-state index contributed by atoms with van der Waals surface area (Å²) in [4.78, 5) is 11.1. The van der Waals surface area contributed by atoms with Crippen LogP contribution in [0, 0.1) is 23.2 Å². The van der Waals surface area contributed by atoms with Crippen molar-refractivity contribution in [3.05, 3.63) is 0 Å². The summed E-state index contributed by atoms with van der Waals surface area (Å²) < 4.78 is 0. The molecule has 0 aliphatic heterocycles. The van der Waals surface area contributed by atoms with Gasteiger partial charge in [-0.05, 0) is 36.5 Å². The van der Waals surface area contributed by atoms with Crippen molar-refractivity contribution in [3.63, 3.8) is 0 Å². The lowest BCUT2D eigenvalue weighted by Crippen LogP contribution is -2.55. The highest BCUT2D eigenvalue weighted by molar-refractivity contribution is 5.77. The van der Waals surface area contributed by atoms with Crippen molar-refractivity contribution < 1.29 is 4.79 Å². The van der Waals surface area contributed by atoms with Gasteiger partial charge < -0.3 is 5.73 Å². The van der Waals surface area contributed by atoms with E-state index in [4.69, 9.17) is 5.73 Å². The molecule has 3 fully saturated rings. The van der Waals surface area contributed by atoms with Crippen LogP contribution < -0.4 is 5.73 Å². The SMILES string of the molecule is CC1(C)[C@H]2CC[C@@H](C(N)=O)[C@H]1C2. The first-order valence-corrected chi connectivity index (χ1v) is 4.83. The minimum Gasteiger partial charge on any atom is -0.369 e. The normalized spacial score (nSPS) is 43.3. The molecule has 3 rings (SSSR count). The van der Waals surface area contributed by atoms with E-state index in [-0.39, 0.29) is 11.8 Å².